The predicted octanol–water partition coefficient (Wildman–Crippen LogP) is 2.26. The van der Waals surface area contributed by atoms with Gasteiger partial charge in [0.2, 0.25) is 5.88 Å². The molecular formula is C17H15NO4. The number of fused-ring (bicyclic) bond motifs is 1. The van der Waals surface area contributed by atoms with Gasteiger partial charge >= 0.3 is 5.97 Å². The number of carbonyl (C=O) groups is 1. The normalized spacial score (nSPS) is 16.7. The van der Waals surface area contributed by atoms with Crippen LogP contribution in [-0.2, 0) is 9.53 Å². The van der Waals surface area contributed by atoms with E-state index in [9.17, 15) is 9.90 Å². The predicted molar refractivity (Wildman–Crippen MR) is 80.2 cm³/mol. The van der Waals surface area contributed by atoms with Crippen LogP contribution in [0.5, 0.6) is 11.5 Å². The maximum Gasteiger partial charge on any atom is 0.340 e. The number of phenolic OH excluding ortho intramolecular Hbond substituents is 1. The lowest BCUT2D eigenvalue weighted by atomic mass is 9.83. The van der Waals surface area contributed by atoms with Gasteiger partial charge in [0.15, 0.2) is 0 Å². The van der Waals surface area contributed by atoms with E-state index in [4.69, 9.17) is 15.2 Å². The third kappa shape index (κ3) is 2.26. The third-order valence-corrected chi connectivity index (χ3v) is 3.62. The summed E-state index contributed by atoms with van der Waals surface area (Å²) in [5.74, 6) is -0.458. The van der Waals surface area contributed by atoms with Crippen molar-refractivity contribution in [3.05, 3.63) is 71.1 Å². The molecule has 22 heavy (non-hydrogen) atoms. The number of hydrogen-bond acceptors (Lipinski definition) is 5. The summed E-state index contributed by atoms with van der Waals surface area (Å²) in [5.41, 5.74) is 7.82. The second-order valence-electron chi connectivity index (χ2n) is 4.94. The van der Waals surface area contributed by atoms with E-state index < -0.39 is 11.9 Å². The van der Waals surface area contributed by atoms with E-state index in [1.165, 1.54) is 13.2 Å². The zero-order valence-electron chi connectivity index (χ0n) is 11.9. The molecule has 1 unspecified atom stereocenters. The smallest absolute Gasteiger partial charge is 0.340 e. The molecule has 112 valence electrons. The zero-order chi connectivity index (χ0) is 15.7. The quantitative estimate of drug-likeness (QED) is 0.831. The van der Waals surface area contributed by atoms with E-state index in [1.807, 2.05) is 30.3 Å². The Balaban J connectivity index is 2.22. The van der Waals surface area contributed by atoms with Gasteiger partial charge in [0.25, 0.3) is 0 Å². The molecule has 1 aliphatic rings. The van der Waals surface area contributed by atoms with Crippen molar-refractivity contribution in [2.75, 3.05) is 7.11 Å². The molecule has 5 nitrogen and oxygen atoms in total. The molecule has 0 aromatic heterocycles. The van der Waals surface area contributed by atoms with Crippen molar-refractivity contribution in [2.24, 2.45) is 5.73 Å². The van der Waals surface area contributed by atoms with Crippen LogP contribution in [-0.4, -0.2) is 18.2 Å². The topological polar surface area (TPSA) is 81.8 Å². The van der Waals surface area contributed by atoms with Gasteiger partial charge in [-0.2, -0.15) is 0 Å². The molecule has 0 fully saturated rings. The summed E-state index contributed by atoms with van der Waals surface area (Å²) >= 11 is 0. The molecule has 0 saturated carbocycles. The van der Waals surface area contributed by atoms with Gasteiger partial charge in [0, 0.05) is 11.6 Å². The van der Waals surface area contributed by atoms with Crippen LogP contribution in [0.25, 0.3) is 0 Å². The second-order valence-corrected chi connectivity index (χ2v) is 4.94. The lowest BCUT2D eigenvalue weighted by molar-refractivity contribution is -0.136. The molecule has 1 atom stereocenters. The molecule has 0 spiro atoms. The van der Waals surface area contributed by atoms with Crippen LogP contribution in [0.3, 0.4) is 0 Å². The lowest BCUT2D eigenvalue weighted by Gasteiger charge is -2.28. The molecule has 3 N–H and O–H groups in total. The van der Waals surface area contributed by atoms with Gasteiger partial charge in [-0.05, 0) is 11.6 Å². The first kappa shape index (κ1) is 14.0. The van der Waals surface area contributed by atoms with Crippen LogP contribution in [0, 0.1) is 0 Å². The number of esters is 1. The Morgan fingerprint density at radius 3 is 2.64 bits per heavy atom. The summed E-state index contributed by atoms with van der Waals surface area (Å²) in [6.07, 6.45) is 0. The monoisotopic (exact) mass is 297 g/mol. The molecule has 0 saturated heterocycles. The van der Waals surface area contributed by atoms with E-state index >= 15 is 0 Å². The molecule has 0 aliphatic carbocycles. The Hall–Kier alpha value is -2.95. The second kappa shape index (κ2) is 5.44. The molecule has 2 aromatic carbocycles. The van der Waals surface area contributed by atoms with Crippen molar-refractivity contribution in [3.63, 3.8) is 0 Å². The van der Waals surface area contributed by atoms with Crippen molar-refractivity contribution in [3.8, 4) is 11.5 Å². The van der Waals surface area contributed by atoms with E-state index in [0.717, 1.165) is 11.1 Å². The number of rotatable bonds is 2. The summed E-state index contributed by atoms with van der Waals surface area (Å²) in [4.78, 5) is 12.1. The van der Waals surface area contributed by atoms with Gasteiger partial charge in [-0.15, -0.1) is 0 Å². The Labute approximate surface area is 127 Å². The minimum absolute atomic E-state index is 0.0150. The van der Waals surface area contributed by atoms with Crippen LogP contribution in [0.15, 0.2) is 60.0 Å². The first-order chi connectivity index (χ1) is 10.6. The molecule has 1 heterocycles. The molecule has 5 heteroatoms. The maximum atomic E-state index is 12.1. The van der Waals surface area contributed by atoms with Crippen LogP contribution < -0.4 is 10.5 Å². The van der Waals surface area contributed by atoms with Crippen LogP contribution in [0.2, 0.25) is 0 Å². The van der Waals surface area contributed by atoms with Crippen LogP contribution in [0.4, 0.5) is 0 Å². The minimum Gasteiger partial charge on any atom is -0.508 e. The van der Waals surface area contributed by atoms with E-state index in [1.54, 1.807) is 12.1 Å². The minimum atomic E-state index is -0.537. The van der Waals surface area contributed by atoms with Crippen molar-refractivity contribution < 1.29 is 19.4 Å². The number of nitrogens with two attached hydrogens (primary N) is 1. The van der Waals surface area contributed by atoms with Crippen LogP contribution in [0.1, 0.15) is 17.0 Å². The number of carbonyl (C=O) groups excluding carboxylic acids is 1. The number of hydrogen-bond donors (Lipinski definition) is 2. The molecule has 0 bridgehead atoms. The standard InChI is InChI=1S/C17H15NO4/c1-21-17(20)15-14(10-5-3-2-4-6-10)12-8-7-11(19)9-13(12)22-16(15)18/h2-9,14,19H,18H2,1H3. The highest BCUT2D eigenvalue weighted by Gasteiger charge is 2.35. The SMILES string of the molecule is COC(=O)C1=C(N)Oc2cc(O)ccc2C1c1ccccc1. The highest BCUT2D eigenvalue weighted by atomic mass is 16.5. The third-order valence-electron chi connectivity index (χ3n) is 3.62. The Kier molecular flexibility index (Phi) is 3.47. The fraction of sp³-hybridized carbons (Fsp3) is 0.118. The van der Waals surface area contributed by atoms with E-state index in [-0.39, 0.29) is 17.2 Å². The van der Waals surface area contributed by atoms with Gasteiger partial charge in [0.1, 0.15) is 17.1 Å². The Bertz CT molecular complexity index is 753. The average molecular weight is 297 g/mol. The summed E-state index contributed by atoms with van der Waals surface area (Å²) in [6.45, 7) is 0. The Morgan fingerprint density at radius 2 is 1.95 bits per heavy atom. The zero-order valence-corrected chi connectivity index (χ0v) is 11.9. The molecular weight excluding hydrogens is 282 g/mol. The number of benzene rings is 2. The van der Waals surface area contributed by atoms with Gasteiger partial charge < -0.3 is 20.3 Å². The van der Waals surface area contributed by atoms with Crippen LogP contribution >= 0.6 is 0 Å². The first-order valence-corrected chi connectivity index (χ1v) is 6.75. The van der Waals surface area contributed by atoms with Crippen molar-refractivity contribution in [1.29, 1.82) is 0 Å². The van der Waals surface area contributed by atoms with Crippen molar-refractivity contribution >= 4 is 5.97 Å². The molecule has 0 amide bonds. The number of methoxy groups -OCH3 is 1. The molecule has 2 aromatic rings. The average Bonchev–Trinajstić information content (AvgIpc) is 2.53. The maximum absolute atomic E-state index is 12.1. The van der Waals surface area contributed by atoms with Gasteiger partial charge in [0.05, 0.1) is 13.0 Å². The van der Waals surface area contributed by atoms with E-state index in [2.05, 4.69) is 0 Å². The van der Waals surface area contributed by atoms with E-state index in [0.29, 0.717) is 5.75 Å². The molecule has 0 radical (unpaired) electrons. The van der Waals surface area contributed by atoms with Crippen molar-refractivity contribution in [2.45, 2.75) is 5.92 Å². The number of ether oxygens (including phenoxy) is 2. The lowest BCUT2D eigenvalue weighted by Crippen LogP contribution is -2.26. The fourth-order valence-corrected chi connectivity index (χ4v) is 2.64. The highest BCUT2D eigenvalue weighted by molar-refractivity contribution is 5.92. The Morgan fingerprint density at radius 1 is 1.23 bits per heavy atom. The van der Waals surface area contributed by atoms with Gasteiger partial charge in [-0.25, -0.2) is 4.79 Å². The van der Waals surface area contributed by atoms with Gasteiger partial charge in [-0.1, -0.05) is 36.4 Å². The summed E-state index contributed by atoms with van der Waals surface area (Å²) in [6, 6.07) is 14.2. The number of phenols is 1. The number of aromatic hydroxyl groups is 1. The summed E-state index contributed by atoms with van der Waals surface area (Å²) < 4.78 is 10.3. The molecule has 1 aliphatic heterocycles. The van der Waals surface area contributed by atoms with Gasteiger partial charge in [-0.3, -0.25) is 0 Å². The summed E-state index contributed by atoms with van der Waals surface area (Å²) in [5, 5.41) is 9.62. The molecule has 3 rings (SSSR count). The summed E-state index contributed by atoms with van der Waals surface area (Å²) in [7, 11) is 1.30. The highest BCUT2D eigenvalue weighted by Crippen LogP contribution is 2.43. The fourth-order valence-electron chi connectivity index (χ4n) is 2.64. The first-order valence-electron chi connectivity index (χ1n) is 6.75. The largest absolute Gasteiger partial charge is 0.508 e. The van der Waals surface area contributed by atoms with Crippen molar-refractivity contribution in [1.82, 2.24) is 0 Å².